The molecule has 7 heteroatoms. The second-order valence-corrected chi connectivity index (χ2v) is 7.87. The zero-order valence-electron chi connectivity index (χ0n) is 17.0. The fourth-order valence-corrected chi connectivity index (χ4v) is 3.94. The largest absolute Gasteiger partial charge is 0.353 e. The first kappa shape index (κ1) is 20.8. The molecule has 0 amide bonds. The van der Waals surface area contributed by atoms with E-state index in [9.17, 15) is 0 Å². The summed E-state index contributed by atoms with van der Waals surface area (Å²) < 4.78 is 0. The van der Waals surface area contributed by atoms with Crippen molar-refractivity contribution < 1.29 is 0 Å². The molecule has 0 atom stereocenters. The monoisotopic (exact) mass is 402 g/mol. The van der Waals surface area contributed by atoms with Crippen LogP contribution in [-0.4, -0.2) is 85.7 Å². The summed E-state index contributed by atoms with van der Waals surface area (Å²) in [6, 6.07) is 8.41. The lowest BCUT2D eigenvalue weighted by molar-refractivity contribution is 0.277. The maximum absolute atomic E-state index is 5.05. The van der Waals surface area contributed by atoms with E-state index >= 15 is 0 Å². The molecule has 4 rings (SSSR count). The van der Waals surface area contributed by atoms with E-state index in [1.165, 1.54) is 5.57 Å². The van der Waals surface area contributed by atoms with E-state index in [2.05, 4.69) is 64.4 Å². The summed E-state index contributed by atoms with van der Waals surface area (Å²) >= 11 is 0. The van der Waals surface area contributed by atoms with Gasteiger partial charge in [-0.3, -0.25) is 4.90 Å². The maximum atomic E-state index is 5.05. The van der Waals surface area contributed by atoms with Crippen molar-refractivity contribution in [1.29, 1.82) is 0 Å². The molecule has 1 aromatic carbocycles. The van der Waals surface area contributed by atoms with Crippen molar-refractivity contribution in [3.8, 4) is 0 Å². The lowest BCUT2D eigenvalue weighted by Crippen LogP contribution is -2.48. The molecule has 6 nitrogen and oxygen atoms in total. The van der Waals surface area contributed by atoms with Gasteiger partial charge in [0.1, 0.15) is 5.82 Å². The molecule has 0 saturated carbocycles. The summed E-state index contributed by atoms with van der Waals surface area (Å²) in [5.74, 6) is 1.96. The van der Waals surface area contributed by atoms with Gasteiger partial charge in [0.05, 0.1) is 5.52 Å². The molecule has 2 saturated heterocycles. The van der Waals surface area contributed by atoms with Crippen LogP contribution < -0.4 is 9.80 Å². The van der Waals surface area contributed by atoms with Crippen LogP contribution in [0.15, 0.2) is 36.4 Å². The number of fused-ring (bicyclic) bond motifs is 1. The third-order valence-corrected chi connectivity index (χ3v) is 5.52. The van der Waals surface area contributed by atoms with Crippen molar-refractivity contribution in [2.24, 2.45) is 0 Å². The van der Waals surface area contributed by atoms with Gasteiger partial charge in [-0.25, -0.2) is 4.98 Å². The lowest BCUT2D eigenvalue weighted by Gasteiger charge is -2.36. The molecule has 2 aliphatic rings. The number of nitrogens with zero attached hydrogens (tertiary/aromatic N) is 6. The predicted octanol–water partition coefficient (Wildman–Crippen LogP) is 2.50. The quantitative estimate of drug-likeness (QED) is 0.731. The lowest BCUT2D eigenvalue weighted by atomic mass is 10.2. The van der Waals surface area contributed by atoms with Crippen LogP contribution >= 0.6 is 12.4 Å². The van der Waals surface area contributed by atoms with E-state index in [0.29, 0.717) is 0 Å². The molecule has 3 heterocycles. The number of piperazine rings is 2. The Morgan fingerprint density at radius 2 is 1.57 bits per heavy atom. The molecule has 152 valence electrons. The van der Waals surface area contributed by atoms with Gasteiger partial charge in [0.15, 0.2) is 0 Å². The van der Waals surface area contributed by atoms with Gasteiger partial charge in [-0.05, 0) is 26.1 Å². The summed E-state index contributed by atoms with van der Waals surface area (Å²) in [6.07, 6.45) is 0. The van der Waals surface area contributed by atoms with Crippen LogP contribution in [0.4, 0.5) is 11.8 Å². The first-order valence-corrected chi connectivity index (χ1v) is 9.92. The molecule has 0 aliphatic carbocycles. The fraction of sp³-hybridized carbons (Fsp3) is 0.524. The molecule has 2 aromatic rings. The van der Waals surface area contributed by atoms with Gasteiger partial charge in [-0.1, -0.05) is 24.3 Å². The van der Waals surface area contributed by atoms with Crippen molar-refractivity contribution in [2.75, 3.05) is 75.8 Å². The third-order valence-electron chi connectivity index (χ3n) is 5.52. The molecular weight excluding hydrogens is 372 g/mol. The van der Waals surface area contributed by atoms with Crippen LogP contribution in [0.2, 0.25) is 0 Å². The van der Waals surface area contributed by atoms with Gasteiger partial charge < -0.3 is 14.7 Å². The molecule has 2 aliphatic heterocycles. The smallest absolute Gasteiger partial charge is 0.227 e. The zero-order chi connectivity index (χ0) is 18.8. The van der Waals surface area contributed by atoms with Gasteiger partial charge in [0.25, 0.3) is 0 Å². The Labute approximate surface area is 174 Å². The number of hydrogen-bond acceptors (Lipinski definition) is 6. The highest BCUT2D eigenvalue weighted by Gasteiger charge is 2.23. The van der Waals surface area contributed by atoms with Gasteiger partial charge in [0.2, 0.25) is 5.95 Å². The van der Waals surface area contributed by atoms with Crippen LogP contribution in [0.1, 0.15) is 6.92 Å². The Kier molecular flexibility index (Phi) is 6.75. The molecule has 0 bridgehead atoms. The minimum Gasteiger partial charge on any atom is -0.353 e. The van der Waals surface area contributed by atoms with E-state index < -0.39 is 0 Å². The SMILES string of the molecule is C=C(C)CN1CCN(c2nc(N3CCN(C)CC3)c3ccccc3n2)CC1.Cl. The molecule has 28 heavy (non-hydrogen) atoms. The number of rotatable bonds is 4. The Morgan fingerprint density at radius 1 is 0.929 bits per heavy atom. The molecule has 0 spiro atoms. The fourth-order valence-electron chi connectivity index (χ4n) is 3.94. The van der Waals surface area contributed by atoms with Crippen molar-refractivity contribution >= 4 is 35.1 Å². The Morgan fingerprint density at radius 3 is 2.25 bits per heavy atom. The van der Waals surface area contributed by atoms with Crippen molar-refractivity contribution in [2.45, 2.75) is 6.92 Å². The number of halogens is 1. The number of anilines is 2. The first-order valence-electron chi connectivity index (χ1n) is 9.92. The van der Waals surface area contributed by atoms with E-state index in [-0.39, 0.29) is 12.4 Å². The number of hydrogen-bond donors (Lipinski definition) is 0. The highest BCUT2D eigenvalue weighted by Crippen LogP contribution is 2.27. The summed E-state index contributed by atoms with van der Waals surface area (Å²) in [6.45, 7) is 15.3. The van der Waals surface area contributed by atoms with Gasteiger partial charge in [0, 0.05) is 64.3 Å². The van der Waals surface area contributed by atoms with Crippen LogP contribution in [0.5, 0.6) is 0 Å². The summed E-state index contributed by atoms with van der Waals surface area (Å²) in [5, 5.41) is 1.16. The normalized spacial score (nSPS) is 18.9. The van der Waals surface area contributed by atoms with Crippen LogP contribution in [-0.2, 0) is 0 Å². The number of benzene rings is 1. The molecule has 0 unspecified atom stereocenters. The van der Waals surface area contributed by atoms with Crippen LogP contribution in [0.3, 0.4) is 0 Å². The average molecular weight is 403 g/mol. The van der Waals surface area contributed by atoms with Gasteiger partial charge in [-0.2, -0.15) is 4.98 Å². The standard InChI is InChI=1S/C21H30N6.ClH/c1-17(2)16-25-10-14-27(15-11-25)21-22-19-7-5-4-6-18(19)20(23-21)26-12-8-24(3)9-13-26;/h4-7H,1,8-16H2,2-3H3;1H. The van der Waals surface area contributed by atoms with Crippen LogP contribution in [0.25, 0.3) is 10.9 Å². The van der Waals surface area contributed by atoms with Crippen LogP contribution in [0, 0.1) is 0 Å². The highest BCUT2D eigenvalue weighted by molar-refractivity contribution is 5.90. The average Bonchev–Trinajstić information content (AvgIpc) is 2.68. The number of aromatic nitrogens is 2. The minimum absolute atomic E-state index is 0. The second-order valence-electron chi connectivity index (χ2n) is 7.87. The Balaban J connectivity index is 0.00000225. The zero-order valence-corrected chi connectivity index (χ0v) is 17.8. The minimum atomic E-state index is 0. The van der Waals surface area contributed by atoms with Crippen molar-refractivity contribution in [3.63, 3.8) is 0 Å². The van der Waals surface area contributed by atoms with E-state index in [1.807, 2.05) is 0 Å². The Hall–Kier alpha value is -1.89. The second kappa shape index (κ2) is 9.07. The topological polar surface area (TPSA) is 38.7 Å². The Bertz CT molecular complexity index is 810. The summed E-state index contributed by atoms with van der Waals surface area (Å²) in [7, 11) is 2.19. The maximum Gasteiger partial charge on any atom is 0.227 e. The predicted molar refractivity (Wildman–Crippen MR) is 120 cm³/mol. The van der Waals surface area contributed by atoms with E-state index in [4.69, 9.17) is 9.97 Å². The van der Waals surface area contributed by atoms with Gasteiger partial charge in [-0.15, -0.1) is 12.4 Å². The van der Waals surface area contributed by atoms with E-state index in [1.54, 1.807) is 0 Å². The summed E-state index contributed by atoms with van der Waals surface area (Å²) in [5.41, 5.74) is 2.27. The van der Waals surface area contributed by atoms with Gasteiger partial charge >= 0.3 is 0 Å². The molecular formula is C21H31ClN6. The number of para-hydroxylation sites is 1. The molecule has 2 fully saturated rings. The van der Waals surface area contributed by atoms with E-state index in [0.717, 1.165) is 81.6 Å². The molecule has 0 radical (unpaired) electrons. The summed E-state index contributed by atoms with van der Waals surface area (Å²) in [4.78, 5) is 19.5. The first-order chi connectivity index (χ1) is 13.1. The van der Waals surface area contributed by atoms with Crippen molar-refractivity contribution in [1.82, 2.24) is 19.8 Å². The molecule has 0 N–H and O–H groups in total. The number of likely N-dealkylation sites (N-methyl/N-ethyl adjacent to an activating group) is 1. The van der Waals surface area contributed by atoms with Crippen molar-refractivity contribution in [3.05, 3.63) is 36.4 Å². The third kappa shape index (κ3) is 4.57. The molecule has 1 aromatic heterocycles. The highest BCUT2D eigenvalue weighted by atomic mass is 35.5.